The van der Waals surface area contributed by atoms with Crippen LogP contribution >= 0.6 is 11.8 Å². The Hall–Kier alpha value is -1.14. The molecule has 1 atom stereocenters. The van der Waals surface area contributed by atoms with Crippen molar-refractivity contribution in [3.8, 4) is 11.8 Å². The smallest absolute Gasteiger partial charge is 0.119 e. The molecule has 0 aliphatic heterocycles. The fraction of sp³-hybridized carbons (Fsp3) is 0.417. The standard InChI is InChI=1S/C12H15NOS/c1-3-14-11-4-6-12(7-5-11)15-9-10(2)8-13/h4-7,10H,3,9H2,1-2H3. The highest BCUT2D eigenvalue weighted by Gasteiger charge is 2.01. The third-order valence-electron chi connectivity index (χ3n) is 1.86. The van der Waals surface area contributed by atoms with Gasteiger partial charge in [-0.3, -0.25) is 0 Å². The van der Waals surface area contributed by atoms with Crippen molar-refractivity contribution in [3.63, 3.8) is 0 Å². The summed E-state index contributed by atoms with van der Waals surface area (Å²) >= 11 is 1.70. The number of hydrogen-bond acceptors (Lipinski definition) is 3. The van der Waals surface area contributed by atoms with E-state index in [0.717, 1.165) is 11.5 Å². The van der Waals surface area contributed by atoms with Gasteiger partial charge in [0.25, 0.3) is 0 Å². The summed E-state index contributed by atoms with van der Waals surface area (Å²) in [6.45, 7) is 4.59. The van der Waals surface area contributed by atoms with Crippen molar-refractivity contribution in [1.82, 2.24) is 0 Å². The van der Waals surface area contributed by atoms with E-state index >= 15 is 0 Å². The normalized spacial score (nSPS) is 11.8. The van der Waals surface area contributed by atoms with Crippen LogP contribution in [0, 0.1) is 17.2 Å². The maximum absolute atomic E-state index is 8.64. The summed E-state index contributed by atoms with van der Waals surface area (Å²) in [7, 11) is 0. The molecule has 0 saturated heterocycles. The van der Waals surface area contributed by atoms with E-state index < -0.39 is 0 Å². The highest BCUT2D eigenvalue weighted by atomic mass is 32.2. The van der Waals surface area contributed by atoms with E-state index in [1.807, 2.05) is 38.1 Å². The largest absolute Gasteiger partial charge is 0.494 e. The van der Waals surface area contributed by atoms with E-state index in [1.54, 1.807) is 11.8 Å². The molecule has 1 rings (SSSR count). The van der Waals surface area contributed by atoms with Gasteiger partial charge in [0.2, 0.25) is 0 Å². The van der Waals surface area contributed by atoms with Crippen LogP contribution in [-0.2, 0) is 0 Å². The summed E-state index contributed by atoms with van der Waals surface area (Å²) in [6, 6.07) is 10.2. The van der Waals surface area contributed by atoms with E-state index in [9.17, 15) is 0 Å². The molecule has 80 valence electrons. The Balaban J connectivity index is 2.46. The number of hydrogen-bond donors (Lipinski definition) is 0. The van der Waals surface area contributed by atoms with E-state index in [1.165, 1.54) is 4.90 Å². The van der Waals surface area contributed by atoms with Crippen molar-refractivity contribution in [2.24, 2.45) is 5.92 Å². The predicted molar refractivity (Wildman–Crippen MR) is 63.1 cm³/mol. The summed E-state index contributed by atoms with van der Waals surface area (Å²) in [5, 5.41) is 8.64. The zero-order valence-corrected chi connectivity index (χ0v) is 9.88. The Morgan fingerprint density at radius 2 is 2.07 bits per heavy atom. The Morgan fingerprint density at radius 3 is 2.60 bits per heavy atom. The lowest BCUT2D eigenvalue weighted by atomic mass is 10.3. The van der Waals surface area contributed by atoms with Gasteiger partial charge >= 0.3 is 0 Å². The Bertz CT molecular complexity index is 328. The Morgan fingerprint density at radius 1 is 1.40 bits per heavy atom. The molecule has 0 bridgehead atoms. The Kier molecular flexibility index (Phi) is 5.06. The predicted octanol–water partition coefficient (Wildman–Crippen LogP) is 3.34. The summed E-state index contributed by atoms with van der Waals surface area (Å²) in [4.78, 5) is 1.18. The summed E-state index contributed by atoms with van der Waals surface area (Å²) in [5.41, 5.74) is 0. The minimum absolute atomic E-state index is 0.0987. The zero-order valence-electron chi connectivity index (χ0n) is 9.06. The lowest BCUT2D eigenvalue weighted by Gasteiger charge is -2.05. The molecule has 1 aromatic carbocycles. The van der Waals surface area contributed by atoms with Gasteiger partial charge in [0.15, 0.2) is 0 Å². The van der Waals surface area contributed by atoms with Gasteiger partial charge in [0, 0.05) is 10.6 Å². The number of rotatable bonds is 5. The minimum atomic E-state index is 0.0987. The van der Waals surface area contributed by atoms with Gasteiger partial charge in [-0.2, -0.15) is 5.26 Å². The van der Waals surface area contributed by atoms with Crippen LogP contribution in [0.3, 0.4) is 0 Å². The SMILES string of the molecule is CCOc1ccc(SCC(C)C#N)cc1. The number of benzene rings is 1. The second-order valence-electron chi connectivity index (χ2n) is 3.25. The van der Waals surface area contributed by atoms with Gasteiger partial charge in [0.05, 0.1) is 18.6 Å². The van der Waals surface area contributed by atoms with Crippen molar-refractivity contribution in [2.45, 2.75) is 18.7 Å². The van der Waals surface area contributed by atoms with Crippen molar-refractivity contribution in [3.05, 3.63) is 24.3 Å². The molecule has 0 aliphatic carbocycles. The van der Waals surface area contributed by atoms with Crippen molar-refractivity contribution in [1.29, 1.82) is 5.26 Å². The van der Waals surface area contributed by atoms with Crippen LogP contribution in [0.5, 0.6) is 5.75 Å². The molecule has 2 nitrogen and oxygen atoms in total. The van der Waals surface area contributed by atoms with E-state index in [2.05, 4.69) is 6.07 Å². The first-order valence-electron chi connectivity index (χ1n) is 5.01. The molecular formula is C12H15NOS. The number of ether oxygens (including phenoxy) is 1. The minimum Gasteiger partial charge on any atom is -0.494 e. The highest BCUT2D eigenvalue weighted by molar-refractivity contribution is 7.99. The molecule has 0 saturated carbocycles. The first-order valence-corrected chi connectivity index (χ1v) is 6.00. The molecule has 1 aromatic rings. The molecule has 1 unspecified atom stereocenters. The van der Waals surface area contributed by atoms with Crippen molar-refractivity contribution >= 4 is 11.8 Å². The van der Waals surface area contributed by atoms with Crippen molar-refractivity contribution < 1.29 is 4.74 Å². The molecule has 0 spiro atoms. The topological polar surface area (TPSA) is 33.0 Å². The van der Waals surface area contributed by atoms with Crippen LogP contribution in [0.15, 0.2) is 29.2 Å². The number of thioether (sulfide) groups is 1. The van der Waals surface area contributed by atoms with Crippen LogP contribution in [0.1, 0.15) is 13.8 Å². The third-order valence-corrected chi connectivity index (χ3v) is 3.13. The molecule has 0 fully saturated rings. The molecule has 0 radical (unpaired) electrons. The maximum Gasteiger partial charge on any atom is 0.119 e. The molecule has 0 N–H and O–H groups in total. The fourth-order valence-electron chi connectivity index (χ4n) is 1.06. The zero-order chi connectivity index (χ0) is 11.1. The molecule has 0 amide bonds. The van der Waals surface area contributed by atoms with E-state index in [4.69, 9.17) is 10.00 Å². The summed E-state index contributed by atoms with van der Waals surface area (Å²) < 4.78 is 5.35. The quantitative estimate of drug-likeness (QED) is 0.715. The molecule has 0 heterocycles. The van der Waals surface area contributed by atoms with Gasteiger partial charge in [-0.1, -0.05) is 0 Å². The van der Waals surface area contributed by atoms with Crippen LogP contribution in [0.25, 0.3) is 0 Å². The van der Waals surface area contributed by atoms with Crippen LogP contribution in [0.2, 0.25) is 0 Å². The highest BCUT2D eigenvalue weighted by Crippen LogP contribution is 2.23. The van der Waals surface area contributed by atoms with Gasteiger partial charge in [-0.25, -0.2) is 0 Å². The lowest BCUT2D eigenvalue weighted by molar-refractivity contribution is 0.340. The maximum atomic E-state index is 8.64. The first kappa shape index (κ1) is 11.9. The number of nitriles is 1. The van der Waals surface area contributed by atoms with E-state index in [0.29, 0.717) is 6.61 Å². The lowest BCUT2D eigenvalue weighted by Crippen LogP contribution is -1.93. The fourth-order valence-corrected chi connectivity index (χ4v) is 1.90. The van der Waals surface area contributed by atoms with Gasteiger partial charge in [-0.15, -0.1) is 11.8 Å². The second-order valence-corrected chi connectivity index (χ2v) is 4.34. The number of nitrogens with zero attached hydrogens (tertiary/aromatic N) is 1. The average Bonchev–Trinajstić information content (AvgIpc) is 2.28. The van der Waals surface area contributed by atoms with Crippen molar-refractivity contribution in [2.75, 3.05) is 12.4 Å². The van der Waals surface area contributed by atoms with Crippen LogP contribution in [-0.4, -0.2) is 12.4 Å². The Labute approximate surface area is 95.3 Å². The monoisotopic (exact) mass is 221 g/mol. The third kappa shape index (κ3) is 4.26. The van der Waals surface area contributed by atoms with Gasteiger partial charge in [0.1, 0.15) is 5.75 Å². The summed E-state index contributed by atoms with van der Waals surface area (Å²) in [6.07, 6.45) is 0. The van der Waals surface area contributed by atoms with Crippen LogP contribution < -0.4 is 4.74 Å². The summed E-state index contributed by atoms with van der Waals surface area (Å²) in [5.74, 6) is 1.83. The van der Waals surface area contributed by atoms with Gasteiger partial charge < -0.3 is 4.74 Å². The van der Waals surface area contributed by atoms with Gasteiger partial charge in [-0.05, 0) is 38.1 Å². The molecular weight excluding hydrogens is 206 g/mol. The molecule has 0 aliphatic rings. The second kappa shape index (κ2) is 6.36. The molecule has 0 aromatic heterocycles. The van der Waals surface area contributed by atoms with Crippen LogP contribution in [0.4, 0.5) is 0 Å². The molecule has 3 heteroatoms. The van der Waals surface area contributed by atoms with E-state index in [-0.39, 0.29) is 5.92 Å². The average molecular weight is 221 g/mol. The first-order chi connectivity index (χ1) is 7.26. The molecule has 15 heavy (non-hydrogen) atoms.